The predicted molar refractivity (Wildman–Crippen MR) is 79.9 cm³/mol. The van der Waals surface area contributed by atoms with E-state index < -0.39 is 0 Å². The lowest BCUT2D eigenvalue weighted by Gasteiger charge is -2.12. The Kier molecular flexibility index (Phi) is 6.71. The molecule has 0 saturated heterocycles. The van der Waals surface area contributed by atoms with Crippen LogP contribution in [0.3, 0.4) is 0 Å². The SMILES string of the molecule is CCOC(=O)Cc1c(CC)nn(CCN(C)C)c1CC. The molecule has 0 atom stereocenters. The average molecular weight is 281 g/mol. The number of carbonyl (C=O) groups is 1. The number of hydrogen-bond donors (Lipinski definition) is 0. The van der Waals surface area contributed by atoms with Crippen LogP contribution in [0.1, 0.15) is 37.7 Å². The van der Waals surface area contributed by atoms with Crippen LogP contribution >= 0.6 is 0 Å². The standard InChI is InChI=1S/C15H27N3O2/c1-6-13-12(11-15(19)20-8-3)14(7-2)18(16-13)10-9-17(4)5/h6-11H2,1-5H3. The van der Waals surface area contributed by atoms with Gasteiger partial charge in [-0.05, 0) is 33.9 Å². The molecule has 114 valence electrons. The van der Waals surface area contributed by atoms with Crippen LogP contribution in [-0.4, -0.2) is 47.9 Å². The van der Waals surface area contributed by atoms with E-state index in [1.54, 1.807) is 0 Å². The normalized spacial score (nSPS) is 11.1. The minimum atomic E-state index is -0.163. The quantitative estimate of drug-likeness (QED) is 0.680. The number of likely N-dealkylation sites (N-methyl/N-ethyl adjacent to an activating group) is 1. The molecule has 1 rings (SSSR count). The van der Waals surface area contributed by atoms with E-state index in [2.05, 4.69) is 37.9 Å². The molecule has 0 fully saturated rings. The molecule has 0 aliphatic carbocycles. The first-order valence-corrected chi connectivity index (χ1v) is 7.41. The van der Waals surface area contributed by atoms with E-state index in [9.17, 15) is 4.79 Å². The van der Waals surface area contributed by atoms with Crippen molar-refractivity contribution >= 4 is 5.97 Å². The fourth-order valence-electron chi connectivity index (χ4n) is 2.31. The van der Waals surface area contributed by atoms with Crippen molar-refractivity contribution < 1.29 is 9.53 Å². The van der Waals surface area contributed by atoms with Crippen LogP contribution < -0.4 is 0 Å². The summed E-state index contributed by atoms with van der Waals surface area (Å²) in [5.41, 5.74) is 3.25. The van der Waals surface area contributed by atoms with Crippen molar-refractivity contribution in [3.8, 4) is 0 Å². The Morgan fingerprint density at radius 2 is 1.95 bits per heavy atom. The molecular weight excluding hydrogens is 254 g/mol. The molecule has 1 aromatic rings. The molecule has 0 N–H and O–H groups in total. The molecule has 1 aromatic heterocycles. The van der Waals surface area contributed by atoms with E-state index >= 15 is 0 Å². The molecule has 20 heavy (non-hydrogen) atoms. The molecule has 1 heterocycles. The summed E-state index contributed by atoms with van der Waals surface area (Å²) in [6.07, 6.45) is 2.06. The summed E-state index contributed by atoms with van der Waals surface area (Å²) in [6, 6.07) is 0. The van der Waals surface area contributed by atoms with E-state index in [4.69, 9.17) is 4.74 Å². The first-order chi connectivity index (χ1) is 9.53. The minimum Gasteiger partial charge on any atom is -0.466 e. The highest BCUT2D eigenvalue weighted by molar-refractivity contribution is 5.73. The fraction of sp³-hybridized carbons (Fsp3) is 0.733. The van der Waals surface area contributed by atoms with Crippen LogP contribution in [-0.2, 0) is 35.3 Å². The highest BCUT2D eigenvalue weighted by Crippen LogP contribution is 2.17. The van der Waals surface area contributed by atoms with Gasteiger partial charge >= 0.3 is 5.97 Å². The van der Waals surface area contributed by atoms with Gasteiger partial charge in [0.25, 0.3) is 0 Å². The summed E-state index contributed by atoms with van der Waals surface area (Å²) in [7, 11) is 4.10. The zero-order valence-corrected chi connectivity index (χ0v) is 13.4. The van der Waals surface area contributed by atoms with Crippen LogP contribution in [0.4, 0.5) is 0 Å². The number of ether oxygens (including phenoxy) is 1. The summed E-state index contributed by atoms with van der Waals surface area (Å²) in [4.78, 5) is 13.9. The smallest absolute Gasteiger partial charge is 0.310 e. The Bertz CT molecular complexity index is 439. The molecule has 0 aliphatic rings. The van der Waals surface area contributed by atoms with Crippen molar-refractivity contribution in [3.05, 3.63) is 17.0 Å². The Balaban J connectivity index is 2.98. The van der Waals surface area contributed by atoms with Crippen molar-refractivity contribution in [2.75, 3.05) is 27.2 Å². The van der Waals surface area contributed by atoms with Gasteiger partial charge in [-0.2, -0.15) is 5.10 Å². The third kappa shape index (κ3) is 4.34. The van der Waals surface area contributed by atoms with Gasteiger partial charge in [-0.3, -0.25) is 9.48 Å². The maximum absolute atomic E-state index is 11.8. The van der Waals surface area contributed by atoms with Gasteiger partial charge in [0.15, 0.2) is 0 Å². The van der Waals surface area contributed by atoms with E-state index in [0.717, 1.165) is 42.9 Å². The largest absolute Gasteiger partial charge is 0.466 e. The van der Waals surface area contributed by atoms with Crippen LogP contribution in [0.15, 0.2) is 0 Å². The summed E-state index contributed by atoms with van der Waals surface area (Å²) in [5, 5.41) is 4.67. The lowest BCUT2D eigenvalue weighted by Crippen LogP contribution is -2.20. The topological polar surface area (TPSA) is 47.4 Å². The Labute approximate surface area is 121 Å². The first-order valence-electron chi connectivity index (χ1n) is 7.41. The maximum atomic E-state index is 11.8. The first kappa shape index (κ1) is 16.7. The molecule has 0 bridgehead atoms. The predicted octanol–water partition coefficient (Wildman–Crippen LogP) is 1.68. The summed E-state index contributed by atoms with van der Waals surface area (Å²) in [6.45, 7) is 8.24. The molecule has 0 aromatic carbocycles. The number of aromatic nitrogens is 2. The fourth-order valence-corrected chi connectivity index (χ4v) is 2.31. The molecule has 0 unspecified atom stereocenters. The van der Waals surface area contributed by atoms with Gasteiger partial charge in [-0.25, -0.2) is 0 Å². The lowest BCUT2D eigenvalue weighted by molar-refractivity contribution is -0.142. The Hall–Kier alpha value is -1.36. The number of esters is 1. The van der Waals surface area contributed by atoms with Crippen LogP contribution in [0.2, 0.25) is 0 Å². The van der Waals surface area contributed by atoms with Gasteiger partial charge < -0.3 is 9.64 Å². The molecule has 0 radical (unpaired) electrons. The Morgan fingerprint density at radius 3 is 2.45 bits per heavy atom. The molecular formula is C15H27N3O2. The molecule has 0 aliphatic heterocycles. The molecule has 5 heteroatoms. The van der Waals surface area contributed by atoms with Crippen LogP contribution in [0.5, 0.6) is 0 Å². The number of aryl methyl sites for hydroxylation is 1. The van der Waals surface area contributed by atoms with Crippen molar-refractivity contribution in [1.82, 2.24) is 14.7 Å². The lowest BCUT2D eigenvalue weighted by atomic mass is 10.1. The molecule has 5 nitrogen and oxygen atoms in total. The third-order valence-electron chi connectivity index (χ3n) is 3.30. The van der Waals surface area contributed by atoms with Gasteiger partial charge in [0, 0.05) is 17.8 Å². The van der Waals surface area contributed by atoms with Crippen molar-refractivity contribution in [1.29, 1.82) is 0 Å². The van der Waals surface area contributed by atoms with Crippen molar-refractivity contribution in [3.63, 3.8) is 0 Å². The van der Waals surface area contributed by atoms with Gasteiger partial charge in [-0.1, -0.05) is 13.8 Å². The van der Waals surface area contributed by atoms with Gasteiger partial charge in [-0.15, -0.1) is 0 Å². The van der Waals surface area contributed by atoms with E-state index in [1.807, 2.05) is 11.6 Å². The number of nitrogens with zero attached hydrogens (tertiary/aromatic N) is 3. The summed E-state index contributed by atoms with van der Waals surface area (Å²) >= 11 is 0. The van der Waals surface area contributed by atoms with Crippen LogP contribution in [0, 0.1) is 0 Å². The second kappa shape index (κ2) is 8.04. The summed E-state index contributed by atoms with van der Waals surface area (Å²) < 4.78 is 7.12. The number of carbonyl (C=O) groups excluding carboxylic acids is 1. The second-order valence-corrected chi connectivity index (χ2v) is 5.09. The second-order valence-electron chi connectivity index (χ2n) is 5.09. The Morgan fingerprint density at radius 1 is 1.25 bits per heavy atom. The summed E-state index contributed by atoms with van der Waals surface area (Å²) in [5.74, 6) is -0.163. The minimum absolute atomic E-state index is 0.163. The zero-order valence-electron chi connectivity index (χ0n) is 13.4. The monoisotopic (exact) mass is 281 g/mol. The third-order valence-corrected chi connectivity index (χ3v) is 3.30. The molecule has 0 saturated carbocycles. The van der Waals surface area contributed by atoms with E-state index in [-0.39, 0.29) is 5.97 Å². The molecule has 0 amide bonds. The van der Waals surface area contributed by atoms with E-state index in [0.29, 0.717) is 13.0 Å². The van der Waals surface area contributed by atoms with E-state index in [1.165, 1.54) is 0 Å². The highest BCUT2D eigenvalue weighted by atomic mass is 16.5. The van der Waals surface area contributed by atoms with Gasteiger partial charge in [0.05, 0.1) is 25.3 Å². The maximum Gasteiger partial charge on any atom is 0.310 e. The van der Waals surface area contributed by atoms with Crippen LogP contribution in [0.25, 0.3) is 0 Å². The van der Waals surface area contributed by atoms with Crippen molar-refractivity contribution in [2.45, 2.75) is 46.6 Å². The van der Waals surface area contributed by atoms with Crippen molar-refractivity contribution in [2.24, 2.45) is 0 Å². The average Bonchev–Trinajstić information content (AvgIpc) is 2.73. The molecule has 0 spiro atoms. The number of rotatable bonds is 8. The van der Waals surface area contributed by atoms with Gasteiger partial charge in [0.1, 0.15) is 0 Å². The zero-order chi connectivity index (χ0) is 15.1. The highest BCUT2D eigenvalue weighted by Gasteiger charge is 2.18. The number of hydrogen-bond acceptors (Lipinski definition) is 4. The van der Waals surface area contributed by atoms with Gasteiger partial charge in [0.2, 0.25) is 0 Å².